The van der Waals surface area contributed by atoms with Gasteiger partial charge < -0.3 is 9.84 Å². The third-order valence-electron chi connectivity index (χ3n) is 2.88. The standard InChI is InChI=1S/C13H16FN3O2S/c1-2-3-4-8-15-13(18)17(20)12-9-6-5-7-10(14)11(9)19-16-12/h5-7,20H,2-4,8H2,1H3,(H,15,18). The quantitative estimate of drug-likeness (QED) is 0.656. The fraction of sp³-hybridized carbons (Fsp3) is 0.385. The van der Waals surface area contributed by atoms with E-state index in [2.05, 4.69) is 30.2 Å². The van der Waals surface area contributed by atoms with Crippen LogP contribution in [0.25, 0.3) is 11.0 Å². The Hall–Kier alpha value is -1.76. The smallest absolute Gasteiger partial charge is 0.333 e. The maximum Gasteiger partial charge on any atom is 0.333 e. The van der Waals surface area contributed by atoms with E-state index in [1.54, 1.807) is 6.07 Å². The minimum absolute atomic E-state index is 0.0142. The Morgan fingerprint density at radius 2 is 2.30 bits per heavy atom. The summed E-state index contributed by atoms with van der Waals surface area (Å²) < 4.78 is 19.4. The van der Waals surface area contributed by atoms with E-state index in [-0.39, 0.29) is 11.4 Å². The lowest BCUT2D eigenvalue weighted by molar-refractivity contribution is 0.249. The van der Waals surface area contributed by atoms with Gasteiger partial charge in [0.05, 0.1) is 5.39 Å². The Bertz CT molecular complexity index is 602. The third-order valence-corrected chi connectivity index (χ3v) is 3.25. The van der Waals surface area contributed by atoms with Crippen LogP contribution >= 0.6 is 12.8 Å². The second-order valence-electron chi connectivity index (χ2n) is 4.37. The van der Waals surface area contributed by atoms with Crippen LogP contribution in [0.4, 0.5) is 15.0 Å². The molecule has 7 heteroatoms. The van der Waals surface area contributed by atoms with E-state index in [1.807, 2.05) is 0 Å². The largest absolute Gasteiger partial charge is 0.351 e. The molecule has 0 saturated carbocycles. The summed E-state index contributed by atoms with van der Waals surface area (Å²) in [5.74, 6) is -0.345. The Morgan fingerprint density at radius 1 is 1.50 bits per heavy atom. The van der Waals surface area contributed by atoms with Crippen molar-refractivity contribution in [1.82, 2.24) is 10.5 Å². The fourth-order valence-electron chi connectivity index (χ4n) is 1.81. The number of thiol groups is 1. The van der Waals surface area contributed by atoms with Crippen LogP contribution in [0.3, 0.4) is 0 Å². The van der Waals surface area contributed by atoms with E-state index in [0.717, 1.165) is 23.6 Å². The number of urea groups is 1. The van der Waals surface area contributed by atoms with Gasteiger partial charge in [0.2, 0.25) is 5.58 Å². The number of nitrogens with one attached hydrogen (secondary N) is 1. The summed E-state index contributed by atoms with van der Waals surface area (Å²) in [4.78, 5) is 11.9. The number of para-hydroxylation sites is 1. The first kappa shape index (κ1) is 14.6. The lowest BCUT2D eigenvalue weighted by atomic mass is 10.2. The summed E-state index contributed by atoms with van der Waals surface area (Å²) in [6.07, 6.45) is 3.02. The molecule has 2 aromatic rings. The van der Waals surface area contributed by atoms with E-state index in [9.17, 15) is 9.18 Å². The highest BCUT2D eigenvalue weighted by atomic mass is 32.1. The van der Waals surface area contributed by atoms with Gasteiger partial charge in [0.15, 0.2) is 11.6 Å². The second kappa shape index (κ2) is 6.60. The molecule has 0 aliphatic carbocycles. The van der Waals surface area contributed by atoms with Gasteiger partial charge in [-0.2, -0.15) is 0 Å². The SMILES string of the molecule is CCCCCNC(=O)N(S)c1noc2c(F)cccc12. The molecule has 20 heavy (non-hydrogen) atoms. The molecule has 0 radical (unpaired) electrons. The number of nitrogens with zero attached hydrogens (tertiary/aromatic N) is 2. The molecule has 2 rings (SSSR count). The van der Waals surface area contributed by atoms with Gasteiger partial charge in [0.25, 0.3) is 0 Å². The van der Waals surface area contributed by atoms with Crippen molar-refractivity contribution in [2.24, 2.45) is 0 Å². The molecule has 0 atom stereocenters. The van der Waals surface area contributed by atoms with Crippen molar-refractivity contribution < 1.29 is 13.7 Å². The van der Waals surface area contributed by atoms with Gasteiger partial charge in [-0.15, -0.1) is 0 Å². The highest BCUT2D eigenvalue weighted by Gasteiger charge is 2.20. The Balaban J connectivity index is 2.09. The molecule has 2 amide bonds. The highest BCUT2D eigenvalue weighted by molar-refractivity contribution is 7.82. The van der Waals surface area contributed by atoms with Crippen molar-refractivity contribution in [3.05, 3.63) is 24.0 Å². The van der Waals surface area contributed by atoms with Crippen LogP contribution in [0, 0.1) is 5.82 Å². The zero-order valence-corrected chi connectivity index (χ0v) is 12.0. The van der Waals surface area contributed by atoms with Crippen LogP contribution in [0.2, 0.25) is 0 Å². The Labute approximate surface area is 121 Å². The van der Waals surface area contributed by atoms with E-state index in [4.69, 9.17) is 4.52 Å². The number of hydrogen-bond donors (Lipinski definition) is 2. The van der Waals surface area contributed by atoms with Gasteiger partial charge in [0.1, 0.15) is 0 Å². The summed E-state index contributed by atoms with van der Waals surface area (Å²) in [5.41, 5.74) is 0.0142. The highest BCUT2D eigenvalue weighted by Crippen LogP contribution is 2.28. The van der Waals surface area contributed by atoms with E-state index in [0.29, 0.717) is 11.9 Å². The van der Waals surface area contributed by atoms with E-state index < -0.39 is 11.8 Å². The maximum absolute atomic E-state index is 13.5. The molecule has 0 aliphatic rings. The monoisotopic (exact) mass is 297 g/mol. The lowest BCUT2D eigenvalue weighted by Gasteiger charge is -2.13. The minimum Gasteiger partial charge on any atom is -0.351 e. The second-order valence-corrected chi connectivity index (χ2v) is 4.77. The number of amides is 2. The number of carbonyl (C=O) groups is 1. The Morgan fingerprint density at radius 3 is 3.05 bits per heavy atom. The van der Waals surface area contributed by atoms with Crippen LogP contribution in [-0.2, 0) is 0 Å². The normalized spacial score (nSPS) is 10.8. The van der Waals surface area contributed by atoms with Gasteiger partial charge in [-0.1, -0.05) is 43.8 Å². The van der Waals surface area contributed by atoms with Crippen molar-refractivity contribution in [1.29, 1.82) is 0 Å². The molecule has 0 bridgehead atoms. The molecule has 1 aromatic carbocycles. The predicted octanol–water partition coefficient (Wildman–Crippen LogP) is 3.52. The van der Waals surface area contributed by atoms with E-state index in [1.165, 1.54) is 12.1 Å². The summed E-state index contributed by atoms with van der Waals surface area (Å²) in [6, 6.07) is 4.01. The number of rotatable bonds is 5. The zero-order valence-electron chi connectivity index (χ0n) is 11.1. The minimum atomic E-state index is -0.522. The van der Waals surface area contributed by atoms with Crippen molar-refractivity contribution in [3.63, 3.8) is 0 Å². The molecule has 0 saturated heterocycles. The van der Waals surface area contributed by atoms with Crippen LogP contribution in [0.15, 0.2) is 22.7 Å². The number of unbranched alkanes of at least 4 members (excludes halogenated alkanes) is 2. The van der Waals surface area contributed by atoms with Crippen LogP contribution < -0.4 is 9.62 Å². The van der Waals surface area contributed by atoms with Crippen molar-refractivity contribution >= 4 is 35.6 Å². The average Bonchev–Trinajstić information content (AvgIpc) is 2.88. The first-order chi connectivity index (χ1) is 9.65. The fourth-order valence-corrected chi connectivity index (χ4v) is 2.02. The summed E-state index contributed by atoms with van der Waals surface area (Å²) in [7, 11) is 0. The molecule has 0 spiro atoms. The molecule has 1 aromatic heterocycles. The van der Waals surface area contributed by atoms with Crippen LogP contribution in [0.5, 0.6) is 0 Å². The number of aromatic nitrogens is 1. The molecule has 1 N–H and O–H groups in total. The number of halogens is 1. The van der Waals surface area contributed by atoms with Crippen molar-refractivity contribution in [2.45, 2.75) is 26.2 Å². The van der Waals surface area contributed by atoms with Crippen LogP contribution in [0.1, 0.15) is 26.2 Å². The number of carbonyl (C=O) groups excluding carboxylic acids is 1. The number of fused-ring (bicyclic) bond motifs is 1. The maximum atomic E-state index is 13.5. The number of hydrogen-bond acceptors (Lipinski definition) is 4. The molecule has 0 aliphatic heterocycles. The van der Waals surface area contributed by atoms with Crippen molar-refractivity contribution in [3.8, 4) is 0 Å². The molecule has 0 unspecified atom stereocenters. The summed E-state index contributed by atoms with van der Waals surface area (Å²) in [5, 5.41) is 6.82. The molecule has 108 valence electrons. The Kier molecular flexibility index (Phi) is 4.84. The molecular formula is C13H16FN3O2S. The van der Waals surface area contributed by atoms with Crippen LogP contribution in [-0.4, -0.2) is 17.7 Å². The topological polar surface area (TPSA) is 58.4 Å². The number of anilines is 1. The zero-order chi connectivity index (χ0) is 14.5. The lowest BCUT2D eigenvalue weighted by Crippen LogP contribution is -2.34. The predicted molar refractivity (Wildman–Crippen MR) is 78.4 cm³/mol. The van der Waals surface area contributed by atoms with Gasteiger partial charge in [-0.3, -0.25) is 0 Å². The summed E-state index contributed by atoms with van der Waals surface area (Å²) in [6.45, 7) is 2.65. The molecular weight excluding hydrogens is 281 g/mol. The molecule has 5 nitrogen and oxygen atoms in total. The average molecular weight is 297 g/mol. The third kappa shape index (κ3) is 3.04. The van der Waals surface area contributed by atoms with Crippen molar-refractivity contribution in [2.75, 3.05) is 10.8 Å². The molecule has 0 fully saturated rings. The van der Waals surface area contributed by atoms with Gasteiger partial charge in [-0.25, -0.2) is 13.5 Å². The van der Waals surface area contributed by atoms with E-state index >= 15 is 0 Å². The number of benzene rings is 1. The van der Waals surface area contributed by atoms with Gasteiger partial charge >= 0.3 is 6.03 Å². The van der Waals surface area contributed by atoms with Gasteiger partial charge in [0, 0.05) is 6.54 Å². The summed E-state index contributed by atoms with van der Waals surface area (Å²) >= 11 is 4.09. The van der Waals surface area contributed by atoms with Gasteiger partial charge in [-0.05, 0) is 18.6 Å². The first-order valence-electron chi connectivity index (χ1n) is 6.46. The molecule has 1 heterocycles. The first-order valence-corrected chi connectivity index (χ1v) is 6.86.